The molecule has 0 amide bonds. The van der Waals surface area contributed by atoms with Gasteiger partial charge in [0.15, 0.2) is 17.9 Å². The Morgan fingerprint density at radius 1 is 0.889 bits per heavy atom. The van der Waals surface area contributed by atoms with E-state index >= 15 is 0 Å². The minimum atomic E-state index is -0.555. The topological polar surface area (TPSA) is 46.2 Å². The van der Waals surface area contributed by atoms with Gasteiger partial charge in [-0.25, -0.2) is 0 Å². The van der Waals surface area contributed by atoms with Crippen molar-refractivity contribution in [3.8, 4) is 0 Å². The van der Waals surface area contributed by atoms with Gasteiger partial charge < -0.3 is 23.7 Å². The fourth-order valence-corrected chi connectivity index (χ4v) is 2.99. The van der Waals surface area contributed by atoms with Gasteiger partial charge in [0.1, 0.15) is 12.2 Å². The predicted octanol–water partition coefficient (Wildman–Crippen LogP) is 1.65. The molecule has 3 aliphatic heterocycles. The third-order valence-electron chi connectivity index (χ3n) is 3.81. The van der Waals surface area contributed by atoms with Crippen LogP contribution >= 0.6 is 0 Å². The van der Waals surface area contributed by atoms with Gasteiger partial charge in [0, 0.05) is 5.92 Å². The van der Waals surface area contributed by atoms with Gasteiger partial charge in [-0.1, -0.05) is 6.92 Å². The smallest absolute Gasteiger partial charge is 0.187 e. The fraction of sp³-hybridized carbons (Fsp3) is 1.00. The van der Waals surface area contributed by atoms with E-state index in [9.17, 15) is 0 Å². The van der Waals surface area contributed by atoms with Gasteiger partial charge in [0.2, 0.25) is 0 Å². The van der Waals surface area contributed by atoms with Crippen molar-refractivity contribution in [2.24, 2.45) is 5.92 Å². The monoisotopic (exact) mass is 258 g/mol. The van der Waals surface area contributed by atoms with Crippen LogP contribution in [0.1, 0.15) is 34.6 Å². The molecule has 3 heterocycles. The predicted molar refractivity (Wildman–Crippen MR) is 62.8 cm³/mol. The zero-order valence-electron chi connectivity index (χ0n) is 11.6. The maximum absolute atomic E-state index is 5.96. The lowest BCUT2D eigenvalue weighted by Gasteiger charge is -2.27. The zero-order valence-corrected chi connectivity index (χ0v) is 11.6. The highest BCUT2D eigenvalue weighted by molar-refractivity contribution is 4.95. The van der Waals surface area contributed by atoms with Crippen LogP contribution in [0.3, 0.4) is 0 Å². The molecule has 3 rings (SSSR count). The molecule has 0 N–H and O–H groups in total. The molecule has 0 aliphatic carbocycles. The standard InChI is InChI=1S/C13H22O5/c1-7-9(8-6-14-12(2,3)16-8)15-11-10(7)17-13(4,5)18-11/h7-11H,6H2,1-5H3/t7-,8?,9+,10-,11?/m1/s1. The number of hydrogen-bond acceptors (Lipinski definition) is 5. The summed E-state index contributed by atoms with van der Waals surface area (Å²) in [4.78, 5) is 0. The van der Waals surface area contributed by atoms with E-state index in [1.165, 1.54) is 0 Å². The van der Waals surface area contributed by atoms with Crippen molar-refractivity contribution in [3.63, 3.8) is 0 Å². The highest BCUT2D eigenvalue weighted by atomic mass is 16.8. The maximum Gasteiger partial charge on any atom is 0.187 e. The summed E-state index contributed by atoms with van der Waals surface area (Å²) >= 11 is 0. The second-order valence-corrected chi connectivity index (χ2v) is 6.30. The van der Waals surface area contributed by atoms with Gasteiger partial charge in [-0.3, -0.25) is 0 Å². The van der Waals surface area contributed by atoms with Crippen molar-refractivity contribution in [2.75, 3.05) is 6.61 Å². The summed E-state index contributed by atoms with van der Waals surface area (Å²) in [7, 11) is 0. The Balaban J connectivity index is 1.68. The van der Waals surface area contributed by atoms with Crippen molar-refractivity contribution in [1.29, 1.82) is 0 Å². The third-order valence-corrected chi connectivity index (χ3v) is 3.81. The van der Waals surface area contributed by atoms with E-state index in [-0.39, 0.29) is 30.5 Å². The normalized spacial score (nSPS) is 49.5. The first-order valence-corrected chi connectivity index (χ1v) is 6.60. The molecule has 0 saturated carbocycles. The Morgan fingerprint density at radius 2 is 1.61 bits per heavy atom. The fourth-order valence-electron chi connectivity index (χ4n) is 2.99. The molecule has 3 fully saturated rings. The molecule has 0 radical (unpaired) electrons. The number of ether oxygens (including phenoxy) is 5. The van der Waals surface area contributed by atoms with Gasteiger partial charge in [-0.2, -0.15) is 0 Å². The summed E-state index contributed by atoms with van der Waals surface area (Å²) in [5.74, 6) is -0.841. The van der Waals surface area contributed by atoms with Crippen molar-refractivity contribution >= 4 is 0 Å². The lowest BCUT2D eigenvalue weighted by Crippen LogP contribution is -2.37. The molecule has 5 heteroatoms. The largest absolute Gasteiger partial charge is 0.348 e. The van der Waals surface area contributed by atoms with Crippen LogP contribution in [0, 0.1) is 5.92 Å². The minimum Gasteiger partial charge on any atom is -0.348 e. The quantitative estimate of drug-likeness (QED) is 0.715. The van der Waals surface area contributed by atoms with E-state index < -0.39 is 11.6 Å². The molecular weight excluding hydrogens is 236 g/mol. The van der Waals surface area contributed by atoms with E-state index in [0.717, 1.165) is 0 Å². The molecule has 0 aromatic rings. The average Bonchev–Trinajstić information content (AvgIpc) is 2.81. The summed E-state index contributed by atoms with van der Waals surface area (Å²) < 4.78 is 29.0. The summed E-state index contributed by atoms with van der Waals surface area (Å²) in [5.41, 5.74) is 0. The molecule has 0 aromatic carbocycles. The molecule has 0 aromatic heterocycles. The third kappa shape index (κ3) is 2.08. The van der Waals surface area contributed by atoms with Crippen LogP contribution in [-0.2, 0) is 23.7 Å². The van der Waals surface area contributed by atoms with E-state index in [4.69, 9.17) is 23.7 Å². The number of hydrogen-bond donors (Lipinski definition) is 0. The van der Waals surface area contributed by atoms with Crippen LogP contribution in [0.25, 0.3) is 0 Å². The molecule has 5 atom stereocenters. The summed E-state index contributed by atoms with van der Waals surface area (Å²) in [6.45, 7) is 10.3. The van der Waals surface area contributed by atoms with Crippen molar-refractivity contribution < 1.29 is 23.7 Å². The Bertz CT molecular complexity index is 340. The van der Waals surface area contributed by atoms with Gasteiger partial charge >= 0.3 is 0 Å². The summed E-state index contributed by atoms with van der Waals surface area (Å²) in [6, 6.07) is 0. The zero-order chi connectivity index (χ0) is 13.1. The van der Waals surface area contributed by atoms with Crippen LogP contribution in [0.2, 0.25) is 0 Å². The Labute approximate surface area is 108 Å². The molecule has 2 unspecified atom stereocenters. The highest BCUT2D eigenvalue weighted by Gasteiger charge is 2.56. The lowest BCUT2D eigenvalue weighted by molar-refractivity contribution is -0.226. The lowest BCUT2D eigenvalue weighted by atomic mass is 9.97. The van der Waals surface area contributed by atoms with E-state index in [1.54, 1.807) is 0 Å². The van der Waals surface area contributed by atoms with E-state index in [0.29, 0.717) is 6.61 Å². The van der Waals surface area contributed by atoms with Gasteiger partial charge in [0.05, 0.1) is 12.7 Å². The summed E-state index contributed by atoms with van der Waals surface area (Å²) in [5, 5.41) is 0. The molecule has 18 heavy (non-hydrogen) atoms. The van der Waals surface area contributed by atoms with Gasteiger partial charge in [-0.05, 0) is 27.7 Å². The molecule has 0 spiro atoms. The molecule has 104 valence electrons. The maximum atomic E-state index is 5.96. The highest BCUT2D eigenvalue weighted by Crippen LogP contribution is 2.43. The molecule has 3 aliphatic rings. The first-order chi connectivity index (χ1) is 8.27. The van der Waals surface area contributed by atoms with Crippen LogP contribution < -0.4 is 0 Å². The molecule has 0 bridgehead atoms. The number of fused-ring (bicyclic) bond motifs is 1. The van der Waals surface area contributed by atoms with E-state index in [1.807, 2.05) is 27.7 Å². The first-order valence-electron chi connectivity index (χ1n) is 6.60. The second-order valence-electron chi connectivity index (χ2n) is 6.30. The van der Waals surface area contributed by atoms with Crippen LogP contribution in [-0.4, -0.2) is 42.8 Å². The van der Waals surface area contributed by atoms with Crippen molar-refractivity contribution in [1.82, 2.24) is 0 Å². The van der Waals surface area contributed by atoms with Crippen LogP contribution in [0.4, 0.5) is 0 Å². The average molecular weight is 258 g/mol. The molecule has 5 nitrogen and oxygen atoms in total. The van der Waals surface area contributed by atoms with Crippen LogP contribution in [0.5, 0.6) is 0 Å². The Kier molecular flexibility index (Phi) is 2.78. The van der Waals surface area contributed by atoms with Gasteiger partial charge in [-0.15, -0.1) is 0 Å². The Hall–Kier alpha value is -0.200. The second kappa shape index (κ2) is 3.90. The van der Waals surface area contributed by atoms with E-state index in [2.05, 4.69) is 6.92 Å². The summed E-state index contributed by atoms with van der Waals surface area (Å²) in [6.07, 6.45) is -0.376. The SMILES string of the molecule is C[C@@H]1[C@@H](C2COC(C)(C)O2)OC2OC(C)(C)O[C@@H]21. The molecular formula is C13H22O5. The Morgan fingerprint density at radius 3 is 2.17 bits per heavy atom. The first kappa shape index (κ1) is 12.8. The van der Waals surface area contributed by atoms with Crippen molar-refractivity contribution in [2.45, 2.75) is 70.8 Å². The van der Waals surface area contributed by atoms with Crippen LogP contribution in [0.15, 0.2) is 0 Å². The van der Waals surface area contributed by atoms with Crippen molar-refractivity contribution in [3.05, 3.63) is 0 Å². The number of rotatable bonds is 1. The molecule has 3 saturated heterocycles. The van der Waals surface area contributed by atoms with Gasteiger partial charge in [0.25, 0.3) is 0 Å². The minimum absolute atomic E-state index is 0.0164.